The monoisotopic (exact) mass is 223 g/mol. The molecule has 2 heterocycles. The fourth-order valence-electron chi connectivity index (χ4n) is 1.41. The van der Waals surface area contributed by atoms with Crippen molar-refractivity contribution in [3.63, 3.8) is 0 Å². The van der Waals surface area contributed by atoms with Crippen molar-refractivity contribution in [1.29, 1.82) is 0 Å². The first-order chi connectivity index (χ1) is 7.20. The molecule has 0 aliphatic carbocycles. The number of aryl methyl sites for hydroxylation is 2. The molecule has 0 bridgehead atoms. The number of nitrogens with zero attached hydrogens (tertiary/aromatic N) is 2. The average Bonchev–Trinajstić information content (AvgIpc) is 2.73. The van der Waals surface area contributed by atoms with Gasteiger partial charge in [-0.3, -0.25) is 0 Å². The van der Waals surface area contributed by atoms with Crippen molar-refractivity contribution in [3.8, 4) is 10.6 Å². The summed E-state index contributed by atoms with van der Waals surface area (Å²) in [6.45, 7) is 4.52. The molecule has 0 aliphatic rings. The molecule has 0 atom stereocenters. The molecule has 5 heteroatoms. The van der Waals surface area contributed by atoms with Gasteiger partial charge in [-0.15, -0.1) is 11.3 Å². The van der Waals surface area contributed by atoms with Gasteiger partial charge in [0.1, 0.15) is 0 Å². The maximum atomic E-state index is 5.58. The summed E-state index contributed by atoms with van der Waals surface area (Å²) < 4.78 is 5.58. The second-order valence-electron chi connectivity index (χ2n) is 3.30. The van der Waals surface area contributed by atoms with E-state index in [1.165, 1.54) is 0 Å². The molecule has 0 saturated heterocycles. The van der Waals surface area contributed by atoms with E-state index in [1.807, 2.05) is 13.8 Å². The molecule has 2 aromatic rings. The number of rotatable bonds is 3. The van der Waals surface area contributed by atoms with Crippen LogP contribution in [0.4, 0.5) is 0 Å². The van der Waals surface area contributed by atoms with Crippen LogP contribution in [0.2, 0.25) is 0 Å². The minimum absolute atomic E-state index is 0.556. The number of hydrogen-bond donors (Lipinski definition) is 1. The Morgan fingerprint density at radius 3 is 2.87 bits per heavy atom. The van der Waals surface area contributed by atoms with Crippen molar-refractivity contribution in [3.05, 3.63) is 22.8 Å². The van der Waals surface area contributed by atoms with Gasteiger partial charge in [0.25, 0.3) is 0 Å². The van der Waals surface area contributed by atoms with Crippen molar-refractivity contribution in [1.82, 2.24) is 9.97 Å². The number of oxazole rings is 1. The molecule has 0 unspecified atom stereocenters. The first kappa shape index (κ1) is 10.3. The molecule has 0 amide bonds. The Hall–Kier alpha value is -1.20. The lowest BCUT2D eigenvalue weighted by Gasteiger charge is -1.91. The molecular formula is C10H13N3OS. The zero-order valence-electron chi connectivity index (χ0n) is 8.78. The Bertz CT molecular complexity index is 461. The van der Waals surface area contributed by atoms with Gasteiger partial charge in [-0.25, -0.2) is 9.97 Å². The Morgan fingerprint density at radius 1 is 1.47 bits per heavy atom. The molecule has 15 heavy (non-hydrogen) atoms. The van der Waals surface area contributed by atoms with E-state index in [2.05, 4.69) is 9.97 Å². The van der Waals surface area contributed by atoms with Gasteiger partial charge in [-0.2, -0.15) is 0 Å². The third-order valence-electron chi connectivity index (χ3n) is 2.04. The van der Waals surface area contributed by atoms with Gasteiger partial charge in [-0.1, -0.05) is 0 Å². The summed E-state index contributed by atoms with van der Waals surface area (Å²) in [5.41, 5.74) is 6.43. The van der Waals surface area contributed by atoms with Crippen LogP contribution in [0.3, 0.4) is 0 Å². The highest BCUT2D eigenvalue weighted by atomic mass is 32.1. The first-order valence-electron chi connectivity index (χ1n) is 4.80. The van der Waals surface area contributed by atoms with Crippen LogP contribution in [0.15, 0.2) is 10.6 Å². The summed E-state index contributed by atoms with van der Waals surface area (Å²) in [5, 5.41) is 1.04. The van der Waals surface area contributed by atoms with Gasteiger partial charge >= 0.3 is 0 Å². The molecule has 0 spiro atoms. The van der Waals surface area contributed by atoms with E-state index >= 15 is 0 Å². The van der Waals surface area contributed by atoms with Crippen molar-refractivity contribution >= 4 is 11.3 Å². The zero-order valence-corrected chi connectivity index (χ0v) is 9.60. The summed E-state index contributed by atoms with van der Waals surface area (Å²) in [7, 11) is 0. The lowest BCUT2D eigenvalue weighted by atomic mass is 10.3. The van der Waals surface area contributed by atoms with Crippen LogP contribution in [0.1, 0.15) is 16.6 Å². The lowest BCUT2D eigenvalue weighted by molar-refractivity contribution is 0.508. The fraction of sp³-hybridized carbons (Fsp3) is 0.400. The van der Waals surface area contributed by atoms with E-state index in [-0.39, 0.29) is 0 Å². The normalized spacial score (nSPS) is 10.9. The van der Waals surface area contributed by atoms with Crippen LogP contribution in [0.5, 0.6) is 0 Å². The summed E-state index contributed by atoms with van der Waals surface area (Å²) in [6, 6.07) is 0. The van der Waals surface area contributed by atoms with E-state index in [1.54, 1.807) is 17.5 Å². The van der Waals surface area contributed by atoms with E-state index in [4.69, 9.17) is 10.2 Å². The summed E-state index contributed by atoms with van der Waals surface area (Å²) >= 11 is 1.62. The predicted molar refractivity (Wildman–Crippen MR) is 59.8 cm³/mol. The van der Waals surface area contributed by atoms with Gasteiger partial charge in [0.2, 0.25) is 0 Å². The topological polar surface area (TPSA) is 64.9 Å². The smallest absolute Gasteiger partial charge is 0.196 e. The number of thiazole rings is 1. The molecule has 0 saturated carbocycles. The Kier molecular flexibility index (Phi) is 2.83. The first-order valence-corrected chi connectivity index (χ1v) is 5.61. The SMILES string of the molecule is Cc1nc(C)c(-c2cnc(CCN)o2)s1. The molecule has 4 nitrogen and oxygen atoms in total. The highest BCUT2D eigenvalue weighted by molar-refractivity contribution is 7.15. The van der Waals surface area contributed by atoms with E-state index < -0.39 is 0 Å². The van der Waals surface area contributed by atoms with Crippen LogP contribution in [-0.2, 0) is 6.42 Å². The van der Waals surface area contributed by atoms with E-state index in [9.17, 15) is 0 Å². The quantitative estimate of drug-likeness (QED) is 0.863. The van der Waals surface area contributed by atoms with Crippen molar-refractivity contribution in [2.45, 2.75) is 20.3 Å². The molecule has 0 fully saturated rings. The Labute approximate surface area is 92.2 Å². The van der Waals surface area contributed by atoms with Crippen molar-refractivity contribution < 1.29 is 4.42 Å². The highest BCUT2D eigenvalue weighted by Gasteiger charge is 2.12. The molecule has 2 aromatic heterocycles. The van der Waals surface area contributed by atoms with Gasteiger partial charge in [-0.05, 0) is 13.8 Å². The average molecular weight is 223 g/mol. The van der Waals surface area contributed by atoms with Crippen molar-refractivity contribution in [2.75, 3.05) is 6.54 Å². The second kappa shape index (κ2) is 4.12. The van der Waals surface area contributed by atoms with Crippen LogP contribution in [0, 0.1) is 13.8 Å². The van der Waals surface area contributed by atoms with Crippen LogP contribution >= 0.6 is 11.3 Å². The predicted octanol–water partition coefficient (Wildman–Crippen LogP) is 1.92. The standard InChI is InChI=1S/C10H13N3OS/c1-6-10(15-7(2)13-6)8-5-12-9(14-8)3-4-11/h5H,3-4,11H2,1-2H3. The second-order valence-corrected chi connectivity index (χ2v) is 4.51. The molecule has 2 N–H and O–H groups in total. The summed E-state index contributed by atoms with van der Waals surface area (Å²) in [5.74, 6) is 1.49. The van der Waals surface area contributed by atoms with Crippen molar-refractivity contribution in [2.24, 2.45) is 5.73 Å². The lowest BCUT2D eigenvalue weighted by Crippen LogP contribution is -2.02. The van der Waals surface area contributed by atoms with Gasteiger partial charge < -0.3 is 10.2 Å². The maximum absolute atomic E-state index is 5.58. The third kappa shape index (κ3) is 2.08. The molecule has 0 radical (unpaired) electrons. The molecular weight excluding hydrogens is 210 g/mol. The van der Waals surface area contributed by atoms with Crippen LogP contribution in [0.25, 0.3) is 10.6 Å². The highest BCUT2D eigenvalue weighted by Crippen LogP contribution is 2.29. The molecule has 0 aromatic carbocycles. The minimum Gasteiger partial charge on any atom is -0.440 e. The number of hydrogen-bond acceptors (Lipinski definition) is 5. The van der Waals surface area contributed by atoms with Crippen LogP contribution < -0.4 is 5.73 Å². The summed E-state index contributed by atoms with van der Waals surface area (Å²) in [4.78, 5) is 9.57. The number of nitrogens with two attached hydrogens (primary N) is 1. The maximum Gasteiger partial charge on any atom is 0.196 e. The molecule has 80 valence electrons. The Balaban J connectivity index is 2.32. The third-order valence-corrected chi connectivity index (χ3v) is 3.13. The Morgan fingerprint density at radius 2 is 2.27 bits per heavy atom. The molecule has 0 aliphatic heterocycles. The van der Waals surface area contributed by atoms with Gasteiger partial charge in [0.15, 0.2) is 11.7 Å². The largest absolute Gasteiger partial charge is 0.440 e. The minimum atomic E-state index is 0.556. The zero-order chi connectivity index (χ0) is 10.8. The van der Waals surface area contributed by atoms with Gasteiger partial charge in [0, 0.05) is 13.0 Å². The molecule has 2 rings (SSSR count). The fourth-order valence-corrected chi connectivity index (χ4v) is 2.28. The van der Waals surface area contributed by atoms with E-state index in [0.717, 1.165) is 21.3 Å². The van der Waals surface area contributed by atoms with E-state index in [0.29, 0.717) is 18.9 Å². The number of aromatic nitrogens is 2. The summed E-state index contributed by atoms with van der Waals surface area (Å²) in [6.07, 6.45) is 2.42. The van der Waals surface area contributed by atoms with Crippen LogP contribution in [-0.4, -0.2) is 16.5 Å². The van der Waals surface area contributed by atoms with Gasteiger partial charge in [0.05, 0.1) is 21.8 Å².